The zero-order valence-corrected chi connectivity index (χ0v) is 10.5. The van der Waals surface area contributed by atoms with Gasteiger partial charge in [0.1, 0.15) is 5.75 Å². The first-order chi connectivity index (χ1) is 9.10. The summed E-state index contributed by atoms with van der Waals surface area (Å²) >= 11 is 0. The number of carboxylic acids is 1. The second kappa shape index (κ2) is 4.26. The number of nitrogens with one attached hydrogen (secondary N) is 1. The summed E-state index contributed by atoms with van der Waals surface area (Å²) in [4.78, 5) is 13.9. The van der Waals surface area contributed by atoms with Crippen LogP contribution in [0, 0.1) is 5.82 Å². The maximum Gasteiger partial charge on any atom is 0.304 e. The van der Waals surface area contributed by atoms with Gasteiger partial charge in [0.25, 0.3) is 0 Å². The Morgan fingerprint density at radius 2 is 2.37 bits per heavy atom. The molecule has 1 atom stereocenters. The van der Waals surface area contributed by atoms with E-state index >= 15 is 0 Å². The van der Waals surface area contributed by atoms with Crippen LogP contribution in [0.1, 0.15) is 30.0 Å². The summed E-state index contributed by atoms with van der Waals surface area (Å²) in [5.74, 6) is -0.758. The maximum absolute atomic E-state index is 13.9. The molecule has 100 valence electrons. The highest BCUT2D eigenvalue weighted by Crippen LogP contribution is 2.41. The van der Waals surface area contributed by atoms with Crippen LogP contribution in [0.4, 0.5) is 4.39 Å². The van der Waals surface area contributed by atoms with Crippen LogP contribution in [0.2, 0.25) is 0 Å². The average molecular weight is 263 g/mol. The number of hydrogen-bond donors (Lipinski definition) is 2. The molecule has 1 aliphatic carbocycles. The first-order valence-corrected chi connectivity index (χ1v) is 6.20. The van der Waals surface area contributed by atoms with Crippen molar-refractivity contribution >= 4 is 16.9 Å². The Morgan fingerprint density at radius 1 is 1.58 bits per heavy atom. The van der Waals surface area contributed by atoms with E-state index < -0.39 is 5.97 Å². The predicted molar refractivity (Wildman–Crippen MR) is 68.1 cm³/mol. The van der Waals surface area contributed by atoms with E-state index in [0.717, 1.165) is 29.5 Å². The Bertz CT molecular complexity index is 662. The maximum atomic E-state index is 13.9. The molecule has 0 amide bonds. The van der Waals surface area contributed by atoms with Crippen molar-refractivity contribution in [2.75, 3.05) is 7.11 Å². The molecule has 0 aliphatic heterocycles. The van der Waals surface area contributed by atoms with Crippen molar-refractivity contribution in [3.05, 3.63) is 29.2 Å². The lowest BCUT2D eigenvalue weighted by atomic mass is 10.0. The molecule has 4 nitrogen and oxygen atoms in total. The van der Waals surface area contributed by atoms with Crippen molar-refractivity contribution in [1.82, 2.24) is 4.98 Å². The first kappa shape index (κ1) is 12.0. The topological polar surface area (TPSA) is 62.3 Å². The van der Waals surface area contributed by atoms with Gasteiger partial charge in [0.05, 0.1) is 19.0 Å². The van der Waals surface area contributed by atoms with Gasteiger partial charge in [0, 0.05) is 23.1 Å². The summed E-state index contributed by atoms with van der Waals surface area (Å²) in [5.41, 5.74) is 2.34. The molecule has 0 bridgehead atoms. The van der Waals surface area contributed by atoms with E-state index in [0.29, 0.717) is 11.3 Å². The number of benzene rings is 1. The normalized spacial score (nSPS) is 17.7. The second-order valence-electron chi connectivity index (χ2n) is 4.88. The van der Waals surface area contributed by atoms with Gasteiger partial charge in [-0.3, -0.25) is 4.79 Å². The van der Waals surface area contributed by atoms with Gasteiger partial charge in [0.15, 0.2) is 5.82 Å². The molecule has 0 spiro atoms. The largest absolute Gasteiger partial charge is 0.497 e. The predicted octanol–water partition coefficient (Wildman–Crippen LogP) is 2.82. The van der Waals surface area contributed by atoms with E-state index in [1.165, 1.54) is 13.2 Å². The number of methoxy groups -OCH3 is 1. The number of aryl methyl sites for hydroxylation is 1. The van der Waals surface area contributed by atoms with Crippen molar-refractivity contribution in [1.29, 1.82) is 0 Å². The van der Waals surface area contributed by atoms with E-state index in [1.807, 2.05) is 0 Å². The van der Waals surface area contributed by atoms with Crippen LogP contribution in [-0.2, 0) is 11.2 Å². The molecule has 0 fully saturated rings. The summed E-state index contributed by atoms with van der Waals surface area (Å²) in [6.45, 7) is 0. The molecular weight excluding hydrogens is 249 g/mol. The third-order valence-corrected chi connectivity index (χ3v) is 3.78. The van der Waals surface area contributed by atoms with Crippen LogP contribution < -0.4 is 4.74 Å². The molecular formula is C14H14FNO3. The van der Waals surface area contributed by atoms with Crippen LogP contribution in [0.25, 0.3) is 10.9 Å². The Balaban J connectivity index is 2.13. The number of aromatic amines is 1. The number of ether oxygens (including phenoxy) is 1. The molecule has 19 heavy (non-hydrogen) atoms. The Hall–Kier alpha value is -2.04. The van der Waals surface area contributed by atoms with Gasteiger partial charge in [-0.05, 0) is 24.5 Å². The van der Waals surface area contributed by atoms with E-state index in [9.17, 15) is 9.18 Å². The molecule has 1 heterocycles. The molecule has 2 aromatic rings. The number of H-pyrrole nitrogens is 1. The van der Waals surface area contributed by atoms with Crippen LogP contribution in [0.3, 0.4) is 0 Å². The number of halogens is 1. The summed E-state index contributed by atoms with van der Waals surface area (Å²) in [5, 5.41) is 9.71. The lowest BCUT2D eigenvalue weighted by Gasteiger charge is -2.05. The Kier molecular flexibility index (Phi) is 2.69. The van der Waals surface area contributed by atoms with E-state index in [2.05, 4.69) is 4.98 Å². The fourth-order valence-electron chi connectivity index (χ4n) is 2.92. The van der Waals surface area contributed by atoms with Crippen LogP contribution >= 0.6 is 0 Å². The molecule has 1 unspecified atom stereocenters. The minimum absolute atomic E-state index is 0.0507. The quantitative estimate of drug-likeness (QED) is 0.895. The van der Waals surface area contributed by atoms with Crippen molar-refractivity contribution in [2.24, 2.45) is 0 Å². The van der Waals surface area contributed by atoms with Crippen LogP contribution in [0.15, 0.2) is 12.1 Å². The number of carbonyl (C=O) groups is 1. The fraction of sp³-hybridized carbons (Fsp3) is 0.357. The van der Waals surface area contributed by atoms with Crippen molar-refractivity contribution in [3.63, 3.8) is 0 Å². The first-order valence-electron chi connectivity index (χ1n) is 6.20. The zero-order valence-electron chi connectivity index (χ0n) is 10.5. The molecule has 1 aromatic heterocycles. The van der Waals surface area contributed by atoms with Crippen LogP contribution in [-0.4, -0.2) is 23.2 Å². The summed E-state index contributed by atoms with van der Waals surface area (Å²) < 4.78 is 19.0. The Morgan fingerprint density at radius 3 is 3.05 bits per heavy atom. The zero-order chi connectivity index (χ0) is 13.6. The number of aromatic nitrogens is 1. The van der Waals surface area contributed by atoms with Gasteiger partial charge in [-0.1, -0.05) is 0 Å². The number of fused-ring (bicyclic) bond motifs is 3. The van der Waals surface area contributed by atoms with Crippen molar-refractivity contribution in [2.45, 2.75) is 25.2 Å². The minimum Gasteiger partial charge on any atom is -0.497 e. The minimum atomic E-state index is -0.824. The Labute approximate surface area is 109 Å². The average Bonchev–Trinajstić information content (AvgIpc) is 2.90. The van der Waals surface area contributed by atoms with Gasteiger partial charge in [0.2, 0.25) is 0 Å². The van der Waals surface area contributed by atoms with Gasteiger partial charge in [-0.25, -0.2) is 4.39 Å². The fourth-order valence-corrected chi connectivity index (χ4v) is 2.92. The SMILES string of the molecule is COc1cc(F)c2[nH]c3c(c2c1)CCC3CC(=O)O. The summed E-state index contributed by atoms with van der Waals surface area (Å²) in [7, 11) is 1.50. The molecule has 5 heteroatoms. The lowest BCUT2D eigenvalue weighted by Crippen LogP contribution is -2.03. The van der Waals surface area contributed by atoms with E-state index in [-0.39, 0.29) is 18.2 Å². The summed E-state index contributed by atoms with van der Waals surface area (Å²) in [6.07, 6.45) is 1.65. The van der Waals surface area contributed by atoms with Gasteiger partial charge < -0.3 is 14.8 Å². The number of aliphatic carboxylic acids is 1. The third-order valence-electron chi connectivity index (χ3n) is 3.78. The second-order valence-corrected chi connectivity index (χ2v) is 4.88. The standard InChI is InChI=1S/C14H14FNO3/c1-19-8-5-10-9-3-2-7(4-12(17)18)13(9)16-14(10)11(15)6-8/h5-7,16H,2-4H2,1H3,(H,17,18). The van der Waals surface area contributed by atoms with Gasteiger partial charge >= 0.3 is 5.97 Å². The van der Waals surface area contributed by atoms with E-state index in [4.69, 9.17) is 9.84 Å². The van der Waals surface area contributed by atoms with Gasteiger partial charge in [-0.15, -0.1) is 0 Å². The third kappa shape index (κ3) is 1.85. The smallest absolute Gasteiger partial charge is 0.304 e. The van der Waals surface area contributed by atoms with Gasteiger partial charge in [-0.2, -0.15) is 0 Å². The highest BCUT2D eigenvalue weighted by molar-refractivity contribution is 5.87. The van der Waals surface area contributed by atoms with Crippen molar-refractivity contribution in [3.8, 4) is 5.75 Å². The molecule has 0 saturated carbocycles. The van der Waals surface area contributed by atoms with E-state index in [1.54, 1.807) is 6.07 Å². The summed E-state index contributed by atoms with van der Waals surface area (Å²) in [6, 6.07) is 3.14. The molecule has 2 N–H and O–H groups in total. The molecule has 3 rings (SSSR count). The van der Waals surface area contributed by atoms with Crippen molar-refractivity contribution < 1.29 is 19.0 Å². The number of hydrogen-bond acceptors (Lipinski definition) is 2. The van der Waals surface area contributed by atoms with Crippen LogP contribution in [0.5, 0.6) is 5.75 Å². The highest BCUT2D eigenvalue weighted by Gasteiger charge is 2.29. The highest BCUT2D eigenvalue weighted by atomic mass is 19.1. The molecule has 0 radical (unpaired) electrons. The monoisotopic (exact) mass is 263 g/mol. The molecule has 0 saturated heterocycles. The number of rotatable bonds is 3. The molecule has 1 aromatic carbocycles. The lowest BCUT2D eigenvalue weighted by molar-refractivity contribution is -0.137. The molecule has 1 aliphatic rings. The number of carboxylic acid groups (broad SMARTS) is 1.